The maximum Gasteiger partial charge on any atom is 0.271 e. The van der Waals surface area contributed by atoms with Gasteiger partial charge in [-0.1, -0.05) is 24.6 Å². The van der Waals surface area contributed by atoms with Gasteiger partial charge in [-0.25, -0.2) is 0 Å². The summed E-state index contributed by atoms with van der Waals surface area (Å²) in [5.41, 5.74) is 1.39. The molecule has 1 fully saturated rings. The monoisotopic (exact) mass is 300 g/mol. The summed E-state index contributed by atoms with van der Waals surface area (Å²) >= 11 is 0. The van der Waals surface area contributed by atoms with Crippen LogP contribution in [0.25, 0.3) is 0 Å². The van der Waals surface area contributed by atoms with Crippen LogP contribution in [0.2, 0.25) is 0 Å². The third kappa shape index (κ3) is 2.89. The van der Waals surface area contributed by atoms with E-state index < -0.39 is 4.92 Å². The number of nitro benzene ring substituents is 1. The van der Waals surface area contributed by atoms with E-state index in [1.807, 2.05) is 6.92 Å². The van der Waals surface area contributed by atoms with Crippen LogP contribution in [0.5, 0.6) is 0 Å². The molecule has 3 rings (SSSR count). The average molecular weight is 300 g/mol. The number of nitrogens with one attached hydrogen (secondary N) is 1. The van der Waals surface area contributed by atoms with Gasteiger partial charge in [-0.3, -0.25) is 14.9 Å². The summed E-state index contributed by atoms with van der Waals surface area (Å²) in [6.45, 7) is 1.84. The molecule has 2 aliphatic carbocycles. The Hall–Kier alpha value is -2.17. The summed E-state index contributed by atoms with van der Waals surface area (Å²) in [4.78, 5) is 22.9. The number of allylic oxidation sites excluding steroid dienone is 2. The van der Waals surface area contributed by atoms with E-state index in [2.05, 4.69) is 17.5 Å². The summed E-state index contributed by atoms with van der Waals surface area (Å²) in [7, 11) is 0. The van der Waals surface area contributed by atoms with Gasteiger partial charge in [0.05, 0.1) is 10.6 Å². The predicted octanol–water partition coefficient (Wildman–Crippen LogP) is 3.83. The third-order valence-electron chi connectivity index (χ3n) is 4.74. The molecule has 2 aliphatic rings. The fourth-order valence-corrected chi connectivity index (χ4v) is 3.37. The molecule has 0 heterocycles. The van der Waals surface area contributed by atoms with Crippen LogP contribution >= 0.6 is 0 Å². The van der Waals surface area contributed by atoms with E-state index in [9.17, 15) is 14.9 Å². The molecule has 5 nitrogen and oxygen atoms in total. The number of aryl methyl sites for hydroxylation is 1. The van der Waals surface area contributed by atoms with E-state index in [0.717, 1.165) is 18.4 Å². The second-order valence-electron chi connectivity index (χ2n) is 6.23. The van der Waals surface area contributed by atoms with Crippen LogP contribution in [0.4, 0.5) is 11.4 Å². The zero-order valence-electron chi connectivity index (χ0n) is 12.6. The first-order valence-corrected chi connectivity index (χ1v) is 7.80. The van der Waals surface area contributed by atoms with Crippen LogP contribution in [-0.4, -0.2) is 10.8 Å². The predicted molar refractivity (Wildman–Crippen MR) is 84.5 cm³/mol. The van der Waals surface area contributed by atoms with Crippen LogP contribution in [0, 0.1) is 34.8 Å². The van der Waals surface area contributed by atoms with Gasteiger partial charge in [0.25, 0.3) is 5.69 Å². The minimum absolute atomic E-state index is 0.00242. The standard InChI is InChI=1S/C17H20N2O3/c1-11-8-9-12(19(21)22)10-15(11)18-17(20)16-13-6-4-2-3-5-7-14(13)16/h4,6,8-10,13-14,16H,2-3,5,7H2,1H3,(H,18,20)/t13-,14-,16+/m0/s1. The second kappa shape index (κ2) is 5.91. The van der Waals surface area contributed by atoms with Crippen molar-refractivity contribution in [2.75, 3.05) is 5.32 Å². The molecule has 0 aromatic heterocycles. The average Bonchev–Trinajstić information content (AvgIpc) is 3.12. The Labute approximate surface area is 129 Å². The van der Waals surface area contributed by atoms with Crippen molar-refractivity contribution in [3.05, 3.63) is 46.0 Å². The number of carbonyl (C=O) groups is 1. The summed E-state index contributed by atoms with van der Waals surface area (Å²) in [5.74, 6) is 0.799. The Balaban J connectivity index is 1.72. The summed E-state index contributed by atoms with van der Waals surface area (Å²) in [5, 5.41) is 13.7. The number of hydrogen-bond donors (Lipinski definition) is 1. The molecular weight excluding hydrogens is 280 g/mol. The number of non-ortho nitro benzene ring substituents is 1. The highest BCUT2D eigenvalue weighted by Gasteiger charge is 2.52. The van der Waals surface area contributed by atoms with Crippen molar-refractivity contribution in [2.24, 2.45) is 17.8 Å². The van der Waals surface area contributed by atoms with E-state index in [1.165, 1.54) is 25.0 Å². The van der Waals surface area contributed by atoms with E-state index in [-0.39, 0.29) is 17.5 Å². The molecule has 0 saturated heterocycles. The molecule has 3 atom stereocenters. The first-order valence-electron chi connectivity index (χ1n) is 7.80. The molecule has 22 heavy (non-hydrogen) atoms. The minimum Gasteiger partial charge on any atom is -0.325 e. The molecule has 0 unspecified atom stereocenters. The molecule has 0 spiro atoms. The van der Waals surface area contributed by atoms with Crippen molar-refractivity contribution in [3.8, 4) is 0 Å². The van der Waals surface area contributed by atoms with Crippen molar-refractivity contribution < 1.29 is 9.72 Å². The molecule has 1 amide bonds. The first kappa shape index (κ1) is 14.8. The lowest BCUT2D eigenvalue weighted by molar-refractivity contribution is -0.384. The molecule has 0 radical (unpaired) electrons. The van der Waals surface area contributed by atoms with Crippen LogP contribution in [0.15, 0.2) is 30.4 Å². The molecule has 1 saturated carbocycles. The first-order chi connectivity index (χ1) is 10.6. The van der Waals surface area contributed by atoms with Crippen LogP contribution in [-0.2, 0) is 4.79 Å². The number of fused-ring (bicyclic) bond motifs is 1. The number of anilines is 1. The SMILES string of the molecule is Cc1ccc([N+](=O)[O-])cc1NC(=O)[C@@H]1[C@H]2C=CCCCC[C@@H]21. The lowest BCUT2D eigenvalue weighted by atomic mass is 10.1. The number of benzene rings is 1. The minimum atomic E-state index is -0.441. The lowest BCUT2D eigenvalue weighted by Gasteiger charge is -2.08. The molecule has 116 valence electrons. The van der Waals surface area contributed by atoms with E-state index >= 15 is 0 Å². The van der Waals surface area contributed by atoms with Crippen molar-refractivity contribution in [3.63, 3.8) is 0 Å². The van der Waals surface area contributed by atoms with Crippen LogP contribution in [0.3, 0.4) is 0 Å². The van der Waals surface area contributed by atoms with Gasteiger partial charge in [0, 0.05) is 18.1 Å². The van der Waals surface area contributed by atoms with Crippen molar-refractivity contribution >= 4 is 17.3 Å². The number of rotatable bonds is 3. The summed E-state index contributed by atoms with van der Waals surface area (Å²) in [6, 6.07) is 4.57. The quantitative estimate of drug-likeness (QED) is 0.524. The largest absolute Gasteiger partial charge is 0.325 e. The van der Waals surface area contributed by atoms with E-state index in [0.29, 0.717) is 17.5 Å². The van der Waals surface area contributed by atoms with Gasteiger partial charge >= 0.3 is 0 Å². The van der Waals surface area contributed by atoms with E-state index in [4.69, 9.17) is 0 Å². The van der Waals surface area contributed by atoms with Crippen molar-refractivity contribution in [1.82, 2.24) is 0 Å². The lowest BCUT2D eigenvalue weighted by Crippen LogP contribution is -2.16. The van der Waals surface area contributed by atoms with Gasteiger partial charge in [-0.15, -0.1) is 0 Å². The molecule has 0 aliphatic heterocycles. The molecule has 5 heteroatoms. The van der Waals surface area contributed by atoms with Gasteiger partial charge in [0.15, 0.2) is 0 Å². The zero-order valence-corrected chi connectivity index (χ0v) is 12.6. The van der Waals surface area contributed by atoms with Crippen LogP contribution in [0.1, 0.15) is 31.2 Å². The van der Waals surface area contributed by atoms with E-state index in [1.54, 1.807) is 6.07 Å². The second-order valence-corrected chi connectivity index (χ2v) is 6.23. The summed E-state index contributed by atoms with van der Waals surface area (Å²) < 4.78 is 0. The fraction of sp³-hybridized carbons (Fsp3) is 0.471. The molecule has 1 N–H and O–H groups in total. The number of amides is 1. The Morgan fingerprint density at radius 2 is 2.18 bits per heavy atom. The Morgan fingerprint density at radius 3 is 2.95 bits per heavy atom. The molecule has 1 aromatic carbocycles. The Kier molecular flexibility index (Phi) is 3.96. The fourth-order valence-electron chi connectivity index (χ4n) is 3.37. The summed E-state index contributed by atoms with van der Waals surface area (Å²) in [6.07, 6.45) is 8.92. The van der Waals surface area contributed by atoms with Gasteiger partial charge in [0.1, 0.15) is 0 Å². The molecule has 0 bridgehead atoms. The maximum absolute atomic E-state index is 12.5. The van der Waals surface area contributed by atoms with Gasteiger partial charge in [0.2, 0.25) is 5.91 Å². The highest BCUT2D eigenvalue weighted by Crippen LogP contribution is 2.51. The molecule has 1 aromatic rings. The normalized spacial score (nSPS) is 26.5. The Morgan fingerprint density at radius 1 is 1.36 bits per heavy atom. The highest BCUT2D eigenvalue weighted by atomic mass is 16.6. The molecular formula is C17H20N2O3. The highest BCUT2D eigenvalue weighted by molar-refractivity contribution is 5.96. The third-order valence-corrected chi connectivity index (χ3v) is 4.74. The number of nitrogens with zero attached hydrogens (tertiary/aromatic N) is 1. The zero-order chi connectivity index (χ0) is 15.7. The van der Waals surface area contributed by atoms with Crippen LogP contribution < -0.4 is 5.32 Å². The number of carbonyl (C=O) groups excluding carboxylic acids is 1. The number of nitro groups is 1. The van der Waals surface area contributed by atoms with Crippen molar-refractivity contribution in [2.45, 2.75) is 32.6 Å². The van der Waals surface area contributed by atoms with Gasteiger partial charge in [-0.2, -0.15) is 0 Å². The van der Waals surface area contributed by atoms with Crippen molar-refractivity contribution in [1.29, 1.82) is 0 Å². The topological polar surface area (TPSA) is 72.2 Å². The Bertz CT molecular complexity index is 639. The van der Waals surface area contributed by atoms with Gasteiger partial charge in [-0.05, 0) is 43.6 Å². The van der Waals surface area contributed by atoms with Gasteiger partial charge < -0.3 is 5.32 Å². The smallest absolute Gasteiger partial charge is 0.271 e. The number of hydrogen-bond acceptors (Lipinski definition) is 3. The maximum atomic E-state index is 12.5.